The van der Waals surface area contributed by atoms with E-state index in [0.29, 0.717) is 0 Å². The highest BCUT2D eigenvalue weighted by molar-refractivity contribution is 6.06. The van der Waals surface area contributed by atoms with Crippen molar-refractivity contribution >= 4 is 24.1 Å². The molecule has 0 amide bonds. The van der Waals surface area contributed by atoms with Gasteiger partial charge in [0.1, 0.15) is 0 Å². The van der Waals surface area contributed by atoms with Gasteiger partial charge in [0.15, 0.2) is 0 Å². The van der Waals surface area contributed by atoms with Crippen LogP contribution in [0.3, 0.4) is 0 Å². The van der Waals surface area contributed by atoms with Crippen molar-refractivity contribution in [1.29, 1.82) is 0 Å². The van der Waals surface area contributed by atoms with Crippen LogP contribution in [0, 0.1) is 6.92 Å². The second-order valence-electron chi connectivity index (χ2n) is 10.0. The van der Waals surface area contributed by atoms with E-state index in [1.54, 1.807) is 6.08 Å². The third-order valence-corrected chi connectivity index (χ3v) is 7.34. The number of benzene rings is 4. The fourth-order valence-corrected chi connectivity index (χ4v) is 5.06. The van der Waals surface area contributed by atoms with Gasteiger partial charge >= 0.3 is 0 Å². The van der Waals surface area contributed by atoms with E-state index in [2.05, 4.69) is 119 Å². The van der Waals surface area contributed by atoms with Gasteiger partial charge in [0.25, 0.3) is 0 Å². The van der Waals surface area contributed by atoms with E-state index in [1.807, 2.05) is 24.4 Å². The predicted octanol–water partition coefficient (Wildman–Crippen LogP) is 8.47. The molecule has 196 valence electrons. The molecule has 0 bridgehead atoms. The van der Waals surface area contributed by atoms with E-state index in [1.165, 1.54) is 11.1 Å². The van der Waals surface area contributed by atoms with Gasteiger partial charge < -0.3 is 0 Å². The van der Waals surface area contributed by atoms with Gasteiger partial charge in [0.05, 0.1) is 11.4 Å². The normalized spacial score (nSPS) is 12.0. The summed E-state index contributed by atoms with van der Waals surface area (Å²) in [6.07, 6.45) is 6.73. The number of hydrogen-bond donors (Lipinski definition) is 0. The summed E-state index contributed by atoms with van der Waals surface area (Å²) in [5.41, 5.74) is 12.1. The minimum Gasteiger partial charge on any atom is -0.256 e. The van der Waals surface area contributed by atoms with Crippen molar-refractivity contribution in [3.8, 4) is 33.5 Å². The average molecular weight is 519 g/mol. The Kier molecular flexibility index (Phi) is 7.98. The first-order valence-corrected chi connectivity index (χ1v) is 13.7. The largest absolute Gasteiger partial charge is 0.256 e. The Labute approximate surface area is 237 Å². The first-order chi connectivity index (χ1) is 19.5. The van der Waals surface area contributed by atoms with E-state index in [-0.39, 0.29) is 0 Å². The van der Waals surface area contributed by atoms with Crippen LogP contribution < -0.4 is 10.4 Å². The maximum absolute atomic E-state index is 5.06. The highest BCUT2D eigenvalue weighted by atomic mass is 14.8. The lowest BCUT2D eigenvalue weighted by Crippen LogP contribution is -2.22. The van der Waals surface area contributed by atoms with Crippen molar-refractivity contribution in [3.05, 3.63) is 143 Å². The highest BCUT2D eigenvalue weighted by Crippen LogP contribution is 2.32. The maximum Gasteiger partial charge on any atom is 0.0709 e. The summed E-state index contributed by atoms with van der Waals surface area (Å²) >= 11 is 0. The number of hydrogen-bond acceptors (Lipinski definition) is 2. The molecule has 0 saturated carbocycles. The second kappa shape index (κ2) is 11.9. The van der Waals surface area contributed by atoms with Crippen LogP contribution in [0.2, 0.25) is 0 Å². The maximum atomic E-state index is 5.06. The Morgan fingerprint density at radius 3 is 2.25 bits per heavy atom. The minimum absolute atomic E-state index is 0.924. The van der Waals surface area contributed by atoms with Crippen molar-refractivity contribution in [2.24, 2.45) is 4.99 Å². The van der Waals surface area contributed by atoms with Gasteiger partial charge in [-0.15, -0.1) is 0 Å². The van der Waals surface area contributed by atoms with Gasteiger partial charge in [0, 0.05) is 28.6 Å². The van der Waals surface area contributed by atoms with Gasteiger partial charge in [-0.25, -0.2) is 0 Å². The molecule has 0 aliphatic heterocycles. The summed E-state index contributed by atoms with van der Waals surface area (Å²) < 4.78 is 0. The molecule has 1 heterocycles. The minimum atomic E-state index is 0.924. The number of nitrogens with zero attached hydrogens (tertiary/aromatic N) is 2. The lowest BCUT2D eigenvalue weighted by Gasteiger charge is -2.15. The Morgan fingerprint density at radius 2 is 1.52 bits per heavy atom. The lowest BCUT2D eigenvalue weighted by atomic mass is 9.92. The van der Waals surface area contributed by atoms with Crippen molar-refractivity contribution in [2.75, 3.05) is 0 Å². The number of allylic oxidation sites excluding steroid dienone is 1. The topological polar surface area (TPSA) is 25.2 Å². The van der Waals surface area contributed by atoms with Crippen molar-refractivity contribution in [3.63, 3.8) is 0 Å². The molecule has 0 saturated heterocycles. The third-order valence-electron chi connectivity index (χ3n) is 7.34. The Bertz CT molecular complexity index is 1830. The van der Waals surface area contributed by atoms with Crippen molar-refractivity contribution in [1.82, 2.24) is 4.98 Å². The van der Waals surface area contributed by atoms with Crippen LogP contribution in [0.1, 0.15) is 30.5 Å². The SMILES string of the molecule is C=C/C=c1/ccc(-c2ccc(-c3cc(C(C)=Nc4ccccc4C)c(-c4ccccc4CC)cn3)cc2)cc1=C. The summed E-state index contributed by atoms with van der Waals surface area (Å²) in [6.45, 7) is 14.4. The fraction of sp³-hybridized carbons (Fsp3) is 0.105. The van der Waals surface area contributed by atoms with E-state index in [9.17, 15) is 0 Å². The molecular weight excluding hydrogens is 484 g/mol. The van der Waals surface area contributed by atoms with E-state index in [4.69, 9.17) is 9.98 Å². The number of pyridine rings is 1. The first-order valence-electron chi connectivity index (χ1n) is 13.7. The van der Waals surface area contributed by atoms with Crippen LogP contribution in [0.15, 0.2) is 121 Å². The lowest BCUT2D eigenvalue weighted by molar-refractivity contribution is 1.14. The van der Waals surface area contributed by atoms with Gasteiger partial charge in [0.2, 0.25) is 0 Å². The van der Waals surface area contributed by atoms with E-state index >= 15 is 0 Å². The van der Waals surface area contributed by atoms with E-state index in [0.717, 1.165) is 67.3 Å². The third kappa shape index (κ3) is 5.62. The number of para-hydroxylation sites is 1. The van der Waals surface area contributed by atoms with Gasteiger partial charge in [-0.2, -0.15) is 0 Å². The molecule has 5 aromatic rings. The Hall–Kier alpha value is -4.82. The predicted molar refractivity (Wildman–Crippen MR) is 172 cm³/mol. The molecule has 1 aromatic heterocycles. The summed E-state index contributed by atoms with van der Waals surface area (Å²) in [7, 11) is 0. The van der Waals surface area contributed by atoms with Crippen LogP contribution >= 0.6 is 0 Å². The van der Waals surface area contributed by atoms with Crippen molar-refractivity contribution < 1.29 is 0 Å². The van der Waals surface area contributed by atoms with E-state index < -0.39 is 0 Å². The number of aromatic nitrogens is 1. The molecule has 5 rings (SSSR count). The number of aryl methyl sites for hydroxylation is 2. The molecule has 0 atom stereocenters. The van der Waals surface area contributed by atoms with Crippen LogP contribution in [-0.4, -0.2) is 10.7 Å². The molecule has 0 unspecified atom stereocenters. The Morgan fingerprint density at radius 1 is 0.825 bits per heavy atom. The molecular formula is C38H34N2. The summed E-state index contributed by atoms with van der Waals surface area (Å²) in [5.74, 6) is 0. The smallest absolute Gasteiger partial charge is 0.0709 e. The van der Waals surface area contributed by atoms with Crippen LogP contribution in [-0.2, 0) is 6.42 Å². The first kappa shape index (κ1) is 26.8. The average Bonchev–Trinajstić information content (AvgIpc) is 2.99. The molecule has 2 nitrogen and oxygen atoms in total. The molecule has 2 heteroatoms. The molecule has 4 aromatic carbocycles. The quantitative estimate of drug-likeness (QED) is 0.198. The molecule has 0 fully saturated rings. The molecule has 0 radical (unpaired) electrons. The zero-order valence-electron chi connectivity index (χ0n) is 23.5. The molecule has 0 aliphatic carbocycles. The standard InChI is InChI=1S/C38H34N2/c1-6-12-30-17-22-33(23-27(30)4)31-18-20-32(21-19-31)38-24-35(28(5)40-37-16-11-8-13-26(37)3)36(25-39-38)34-15-10-9-14-29(34)7-2/h6,8-25H,1,4,7H2,2-3,5H3/b30-12-,40-28?. The zero-order chi connectivity index (χ0) is 28.1. The van der Waals surface area contributed by atoms with Crippen molar-refractivity contribution in [2.45, 2.75) is 27.2 Å². The van der Waals surface area contributed by atoms with Crippen LogP contribution in [0.4, 0.5) is 5.69 Å². The van der Waals surface area contributed by atoms with Gasteiger partial charge in [-0.3, -0.25) is 9.98 Å². The monoisotopic (exact) mass is 518 g/mol. The summed E-state index contributed by atoms with van der Waals surface area (Å²) in [5, 5.41) is 2.07. The van der Waals surface area contributed by atoms with Gasteiger partial charge in [-0.1, -0.05) is 111 Å². The van der Waals surface area contributed by atoms with Crippen LogP contribution in [0.5, 0.6) is 0 Å². The molecule has 40 heavy (non-hydrogen) atoms. The fourth-order valence-electron chi connectivity index (χ4n) is 5.06. The molecule has 0 N–H and O–H groups in total. The summed E-state index contributed by atoms with van der Waals surface area (Å²) in [6, 6.07) is 33.9. The number of rotatable bonds is 7. The zero-order valence-corrected chi connectivity index (χ0v) is 23.5. The molecule has 0 aliphatic rings. The number of aliphatic imine (C=N–C) groups is 1. The summed E-state index contributed by atoms with van der Waals surface area (Å²) in [4.78, 5) is 10.0. The molecule has 0 spiro atoms. The van der Waals surface area contributed by atoms with Gasteiger partial charge in [-0.05, 0) is 76.7 Å². The second-order valence-corrected chi connectivity index (χ2v) is 10.0. The Balaban J connectivity index is 1.59. The van der Waals surface area contributed by atoms with Crippen LogP contribution in [0.25, 0.3) is 46.2 Å². The highest BCUT2D eigenvalue weighted by Gasteiger charge is 2.14.